The van der Waals surface area contributed by atoms with E-state index in [0.29, 0.717) is 23.6 Å². The molecule has 0 spiro atoms. The Hall–Kier alpha value is -1.90. The van der Waals surface area contributed by atoms with E-state index in [9.17, 15) is 19.8 Å². The zero-order chi connectivity index (χ0) is 18.1. The molecule has 0 aromatic carbocycles. The molecule has 134 valence electrons. The van der Waals surface area contributed by atoms with Crippen LogP contribution in [0.3, 0.4) is 0 Å². The highest BCUT2D eigenvalue weighted by atomic mass is 32.2. The second-order valence-corrected chi connectivity index (χ2v) is 7.33. The van der Waals surface area contributed by atoms with Gasteiger partial charge in [0.2, 0.25) is 5.91 Å². The Bertz CT molecular complexity index is 707. The van der Waals surface area contributed by atoms with Gasteiger partial charge in [-0.25, -0.2) is 4.79 Å². The number of carboxylic acids is 1. The number of thioether (sulfide) groups is 1. The molecule has 7 nitrogen and oxygen atoms in total. The molecule has 4 atom stereocenters. The van der Waals surface area contributed by atoms with Crippen LogP contribution in [0.2, 0.25) is 0 Å². The molecule has 4 N–H and O–H groups in total. The first-order chi connectivity index (χ1) is 12.0. The van der Waals surface area contributed by atoms with E-state index in [4.69, 9.17) is 5.73 Å². The molecular formula is C17H21N3O4S. The number of aliphatic hydroxyl groups is 1. The van der Waals surface area contributed by atoms with E-state index in [1.807, 2.05) is 12.1 Å². The van der Waals surface area contributed by atoms with Gasteiger partial charge in [0, 0.05) is 29.0 Å². The average molecular weight is 363 g/mol. The van der Waals surface area contributed by atoms with Gasteiger partial charge in [0.1, 0.15) is 5.70 Å². The van der Waals surface area contributed by atoms with Crippen LogP contribution in [-0.4, -0.2) is 50.7 Å². The molecule has 1 saturated heterocycles. The average Bonchev–Trinajstić information content (AvgIpc) is 2.84. The Morgan fingerprint density at radius 1 is 1.52 bits per heavy atom. The molecule has 0 unspecified atom stereocenters. The van der Waals surface area contributed by atoms with Crippen LogP contribution >= 0.6 is 11.8 Å². The van der Waals surface area contributed by atoms with Crippen LogP contribution in [0.15, 0.2) is 35.1 Å². The van der Waals surface area contributed by atoms with Crippen LogP contribution in [-0.2, 0) is 15.3 Å². The Morgan fingerprint density at radius 3 is 2.84 bits per heavy atom. The molecule has 1 aromatic heterocycles. The molecule has 8 heteroatoms. The highest BCUT2D eigenvalue weighted by Crippen LogP contribution is 2.52. The van der Waals surface area contributed by atoms with Crippen LogP contribution in [0.25, 0.3) is 0 Å². The quantitative estimate of drug-likeness (QED) is 0.613. The molecule has 3 rings (SSSR count). The number of amides is 1. The van der Waals surface area contributed by atoms with Crippen molar-refractivity contribution in [1.82, 2.24) is 9.88 Å². The highest BCUT2D eigenvalue weighted by Gasteiger charge is 2.60. The van der Waals surface area contributed by atoms with Crippen LogP contribution in [0.1, 0.15) is 18.9 Å². The Kier molecular flexibility index (Phi) is 5.12. The van der Waals surface area contributed by atoms with Crippen molar-refractivity contribution in [3.8, 4) is 0 Å². The predicted octanol–water partition coefficient (Wildman–Crippen LogP) is 0.797. The Morgan fingerprint density at radius 2 is 2.28 bits per heavy atom. The van der Waals surface area contributed by atoms with Crippen molar-refractivity contribution in [1.29, 1.82) is 0 Å². The number of nitrogens with two attached hydrogens (primary N) is 1. The highest BCUT2D eigenvalue weighted by molar-refractivity contribution is 8.02. The second-order valence-electron chi connectivity index (χ2n) is 6.32. The molecule has 0 bridgehead atoms. The van der Waals surface area contributed by atoms with E-state index in [1.54, 1.807) is 19.3 Å². The van der Waals surface area contributed by atoms with Gasteiger partial charge < -0.3 is 20.8 Å². The molecule has 2 aliphatic heterocycles. The maximum Gasteiger partial charge on any atom is 0.353 e. The number of hydrogen-bond acceptors (Lipinski definition) is 6. The number of pyridine rings is 1. The summed E-state index contributed by atoms with van der Waals surface area (Å²) in [5.41, 5.74) is 6.75. The number of carbonyl (C=O) groups is 2. The minimum absolute atomic E-state index is 0.0410. The lowest BCUT2D eigenvalue weighted by molar-refractivity contribution is -0.163. The van der Waals surface area contributed by atoms with E-state index in [0.717, 1.165) is 5.56 Å². The molecule has 1 fully saturated rings. The van der Waals surface area contributed by atoms with Gasteiger partial charge in [-0.1, -0.05) is 6.07 Å². The van der Waals surface area contributed by atoms with E-state index in [-0.39, 0.29) is 23.6 Å². The number of rotatable bonds is 7. The third kappa shape index (κ3) is 3.05. The Labute approximate surface area is 149 Å². The standard InChI is InChI=1S/C17H21N3O4S/c1-9(21)12-13-11(4-5-18)15(14(17(23)24)20(13)16(12)22)25-8-10-3-2-6-19-7-10/h2-3,6-7,9,11-13,21H,4-5,8,18H2,1H3,(H,23,24)/t9-,11-,12-,13-/m1/s1. The molecular weight excluding hydrogens is 342 g/mol. The van der Waals surface area contributed by atoms with Crippen molar-refractivity contribution >= 4 is 23.6 Å². The van der Waals surface area contributed by atoms with Gasteiger partial charge in [0.25, 0.3) is 0 Å². The largest absolute Gasteiger partial charge is 0.477 e. The van der Waals surface area contributed by atoms with Crippen LogP contribution in [0, 0.1) is 11.8 Å². The fraction of sp³-hybridized carbons (Fsp3) is 0.471. The normalized spacial score (nSPS) is 26.4. The maximum absolute atomic E-state index is 12.4. The number of nitrogens with zero attached hydrogens (tertiary/aromatic N) is 2. The summed E-state index contributed by atoms with van der Waals surface area (Å²) in [4.78, 5) is 30.3. The number of β-lactam (4-membered cyclic amide) rings is 1. The molecule has 0 aliphatic carbocycles. The summed E-state index contributed by atoms with van der Waals surface area (Å²) >= 11 is 1.41. The van der Waals surface area contributed by atoms with Crippen molar-refractivity contribution in [3.05, 3.63) is 40.7 Å². The van der Waals surface area contributed by atoms with Gasteiger partial charge in [0.05, 0.1) is 18.1 Å². The molecule has 1 aromatic rings. The third-order valence-corrected chi connectivity index (χ3v) is 6.01. The summed E-state index contributed by atoms with van der Waals surface area (Å²) in [6.45, 7) is 1.96. The van der Waals surface area contributed by atoms with Gasteiger partial charge in [-0.3, -0.25) is 9.78 Å². The zero-order valence-electron chi connectivity index (χ0n) is 13.8. The topological polar surface area (TPSA) is 117 Å². The number of carboxylic acid groups (broad SMARTS) is 1. The number of aliphatic hydroxyl groups excluding tert-OH is 1. The molecule has 1 amide bonds. The minimum Gasteiger partial charge on any atom is -0.477 e. The van der Waals surface area contributed by atoms with Gasteiger partial charge in [-0.05, 0) is 31.5 Å². The summed E-state index contributed by atoms with van der Waals surface area (Å²) in [7, 11) is 0. The number of aromatic nitrogens is 1. The van der Waals surface area contributed by atoms with E-state index >= 15 is 0 Å². The lowest BCUT2D eigenvalue weighted by atomic mass is 9.77. The zero-order valence-corrected chi connectivity index (χ0v) is 14.6. The Balaban J connectivity index is 1.91. The number of aliphatic carboxylic acids is 1. The number of carbonyl (C=O) groups excluding carboxylic acids is 1. The van der Waals surface area contributed by atoms with Crippen molar-refractivity contribution in [2.45, 2.75) is 31.2 Å². The fourth-order valence-electron chi connectivity index (χ4n) is 3.67. The first kappa shape index (κ1) is 17.9. The SMILES string of the molecule is C[C@@H](O)[C@H]1C(=O)N2C(C(=O)O)=C(SCc3cccnc3)[C@H](CCN)[C@H]12. The summed E-state index contributed by atoms with van der Waals surface area (Å²) < 4.78 is 0. The molecule has 0 saturated carbocycles. The van der Waals surface area contributed by atoms with Gasteiger partial charge in [-0.15, -0.1) is 11.8 Å². The lowest BCUT2D eigenvalue weighted by Crippen LogP contribution is -2.64. The van der Waals surface area contributed by atoms with Crippen LogP contribution in [0.5, 0.6) is 0 Å². The maximum atomic E-state index is 12.4. The lowest BCUT2D eigenvalue weighted by Gasteiger charge is -2.47. The third-order valence-electron chi connectivity index (χ3n) is 4.73. The fourth-order valence-corrected chi connectivity index (χ4v) is 4.96. The number of fused-ring (bicyclic) bond motifs is 1. The smallest absolute Gasteiger partial charge is 0.353 e. The summed E-state index contributed by atoms with van der Waals surface area (Å²) in [5.74, 6) is -1.60. The summed E-state index contributed by atoms with van der Waals surface area (Å²) in [6.07, 6.45) is 3.18. The van der Waals surface area contributed by atoms with Gasteiger partial charge in [-0.2, -0.15) is 0 Å². The van der Waals surface area contributed by atoms with Crippen molar-refractivity contribution in [2.75, 3.05) is 6.54 Å². The van der Waals surface area contributed by atoms with Gasteiger partial charge >= 0.3 is 5.97 Å². The second kappa shape index (κ2) is 7.15. The number of hydrogen-bond donors (Lipinski definition) is 3. The van der Waals surface area contributed by atoms with Crippen molar-refractivity contribution in [2.24, 2.45) is 17.6 Å². The van der Waals surface area contributed by atoms with E-state index < -0.39 is 18.0 Å². The monoisotopic (exact) mass is 363 g/mol. The molecule has 0 radical (unpaired) electrons. The van der Waals surface area contributed by atoms with Crippen LogP contribution in [0.4, 0.5) is 0 Å². The van der Waals surface area contributed by atoms with Gasteiger partial charge in [0.15, 0.2) is 0 Å². The van der Waals surface area contributed by atoms with Crippen molar-refractivity contribution in [3.63, 3.8) is 0 Å². The first-order valence-corrected chi connectivity index (χ1v) is 9.16. The molecule has 2 aliphatic rings. The van der Waals surface area contributed by atoms with E-state index in [1.165, 1.54) is 16.7 Å². The summed E-state index contributed by atoms with van der Waals surface area (Å²) in [5, 5.41) is 19.6. The first-order valence-electron chi connectivity index (χ1n) is 8.17. The van der Waals surface area contributed by atoms with Crippen LogP contribution < -0.4 is 5.73 Å². The van der Waals surface area contributed by atoms with Crippen molar-refractivity contribution < 1.29 is 19.8 Å². The summed E-state index contributed by atoms with van der Waals surface area (Å²) in [6, 6.07) is 3.43. The molecule has 3 heterocycles. The predicted molar refractivity (Wildman–Crippen MR) is 93.2 cm³/mol. The molecule has 25 heavy (non-hydrogen) atoms. The van der Waals surface area contributed by atoms with E-state index in [2.05, 4.69) is 4.98 Å². The minimum atomic E-state index is -1.12.